The summed E-state index contributed by atoms with van der Waals surface area (Å²) in [5.41, 5.74) is 1.89. The molecular formula is C12H15ClN4. The van der Waals surface area contributed by atoms with Crippen LogP contribution in [0.15, 0.2) is 18.3 Å². The summed E-state index contributed by atoms with van der Waals surface area (Å²) < 4.78 is 1.86. The molecule has 0 saturated heterocycles. The van der Waals surface area contributed by atoms with Crippen LogP contribution in [0, 0.1) is 0 Å². The summed E-state index contributed by atoms with van der Waals surface area (Å²) in [6, 6.07) is 3.73. The van der Waals surface area contributed by atoms with E-state index in [1.165, 1.54) is 0 Å². The lowest BCUT2D eigenvalue weighted by Crippen LogP contribution is -2.03. The number of rotatable bonds is 4. The zero-order chi connectivity index (χ0) is 12.3. The van der Waals surface area contributed by atoms with E-state index in [1.54, 1.807) is 6.20 Å². The lowest BCUT2D eigenvalue weighted by molar-refractivity contribution is 0.663. The van der Waals surface area contributed by atoms with Crippen molar-refractivity contribution in [2.45, 2.75) is 33.2 Å². The molecule has 4 nitrogen and oxygen atoms in total. The first-order valence-electron chi connectivity index (χ1n) is 5.80. The van der Waals surface area contributed by atoms with Crippen LogP contribution in [0.2, 0.25) is 5.15 Å². The highest BCUT2D eigenvalue weighted by atomic mass is 35.5. The Morgan fingerprint density at radius 3 is 2.82 bits per heavy atom. The van der Waals surface area contributed by atoms with E-state index in [4.69, 9.17) is 11.6 Å². The van der Waals surface area contributed by atoms with E-state index in [0.29, 0.717) is 11.0 Å². The molecular weight excluding hydrogens is 236 g/mol. The van der Waals surface area contributed by atoms with Crippen LogP contribution in [0.5, 0.6) is 0 Å². The summed E-state index contributed by atoms with van der Waals surface area (Å²) in [5.74, 6) is 0.653. The summed E-state index contributed by atoms with van der Waals surface area (Å²) in [6.45, 7) is 4.95. The smallest absolute Gasteiger partial charge is 0.179 e. The molecule has 0 unspecified atom stereocenters. The minimum atomic E-state index is 0.488. The van der Waals surface area contributed by atoms with Gasteiger partial charge in [-0.3, -0.25) is 4.68 Å². The maximum atomic E-state index is 6.02. The maximum absolute atomic E-state index is 6.02. The van der Waals surface area contributed by atoms with Crippen LogP contribution in [-0.4, -0.2) is 19.7 Å². The van der Waals surface area contributed by atoms with Gasteiger partial charge in [0.2, 0.25) is 0 Å². The first-order valence-corrected chi connectivity index (χ1v) is 6.18. The molecule has 2 aromatic heterocycles. The average molecular weight is 251 g/mol. The Bertz CT molecular complexity index is 507. The zero-order valence-corrected chi connectivity index (χ0v) is 10.8. The monoisotopic (exact) mass is 250 g/mol. The Hall–Kier alpha value is -1.42. The van der Waals surface area contributed by atoms with E-state index < -0.39 is 0 Å². The van der Waals surface area contributed by atoms with Gasteiger partial charge in [-0.2, -0.15) is 5.10 Å². The molecule has 5 heteroatoms. The summed E-state index contributed by atoms with van der Waals surface area (Å²) >= 11 is 6.02. The molecule has 0 spiro atoms. The zero-order valence-electron chi connectivity index (χ0n) is 10.0. The van der Waals surface area contributed by atoms with Gasteiger partial charge in [-0.15, -0.1) is 0 Å². The fourth-order valence-corrected chi connectivity index (χ4v) is 1.94. The van der Waals surface area contributed by atoms with Gasteiger partial charge in [0.1, 0.15) is 10.8 Å². The molecule has 90 valence electrons. The van der Waals surface area contributed by atoms with Crippen LogP contribution in [0.25, 0.3) is 11.5 Å². The van der Waals surface area contributed by atoms with Crippen molar-refractivity contribution in [3.63, 3.8) is 0 Å². The van der Waals surface area contributed by atoms with E-state index in [9.17, 15) is 0 Å². The normalized spacial score (nSPS) is 10.8. The molecule has 2 aromatic rings. The summed E-state index contributed by atoms with van der Waals surface area (Å²) in [4.78, 5) is 8.78. The minimum absolute atomic E-state index is 0.488. The first-order chi connectivity index (χ1) is 8.24. The van der Waals surface area contributed by atoms with E-state index in [2.05, 4.69) is 22.0 Å². The van der Waals surface area contributed by atoms with Crippen molar-refractivity contribution in [3.8, 4) is 11.5 Å². The molecule has 0 radical (unpaired) electrons. The van der Waals surface area contributed by atoms with Crippen LogP contribution < -0.4 is 0 Å². The molecule has 0 aliphatic carbocycles. The van der Waals surface area contributed by atoms with Gasteiger partial charge in [0.05, 0.1) is 0 Å². The standard InChI is InChI=1S/C12H15ClN4/c1-3-5-9-8-11(13)16-12(15-9)10-6-7-14-17(10)4-2/h6-8H,3-5H2,1-2H3. The lowest BCUT2D eigenvalue weighted by atomic mass is 10.2. The third-order valence-corrected chi connectivity index (χ3v) is 2.69. The number of halogens is 1. The molecule has 0 atom stereocenters. The second-order valence-corrected chi connectivity index (χ2v) is 4.18. The average Bonchev–Trinajstić information content (AvgIpc) is 2.76. The van der Waals surface area contributed by atoms with Crippen LogP contribution in [0.3, 0.4) is 0 Å². The van der Waals surface area contributed by atoms with Crippen LogP contribution in [0.1, 0.15) is 26.0 Å². The molecule has 0 fully saturated rings. The third kappa shape index (κ3) is 2.64. The van der Waals surface area contributed by atoms with Crippen molar-refractivity contribution in [2.75, 3.05) is 0 Å². The molecule has 0 aliphatic heterocycles. The Labute approximate surface area is 106 Å². The number of aryl methyl sites for hydroxylation is 2. The predicted octanol–water partition coefficient (Wildman–Crippen LogP) is 2.97. The van der Waals surface area contributed by atoms with E-state index >= 15 is 0 Å². The quantitative estimate of drug-likeness (QED) is 0.784. The molecule has 0 N–H and O–H groups in total. The Balaban J connectivity index is 2.44. The van der Waals surface area contributed by atoms with Crippen molar-refractivity contribution < 1.29 is 0 Å². The van der Waals surface area contributed by atoms with Crippen LogP contribution >= 0.6 is 11.6 Å². The highest BCUT2D eigenvalue weighted by Crippen LogP contribution is 2.18. The summed E-state index contributed by atoms with van der Waals surface area (Å²) in [7, 11) is 0. The van der Waals surface area contributed by atoms with Crippen molar-refractivity contribution in [1.29, 1.82) is 0 Å². The number of aromatic nitrogens is 4. The molecule has 0 saturated carbocycles. The molecule has 2 heterocycles. The third-order valence-electron chi connectivity index (χ3n) is 2.50. The van der Waals surface area contributed by atoms with Gasteiger partial charge < -0.3 is 0 Å². The molecule has 0 aromatic carbocycles. The summed E-state index contributed by atoms with van der Waals surface area (Å²) in [5, 5.41) is 4.70. The predicted molar refractivity (Wildman–Crippen MR) is 67.9 cm³/mol. The van der Waals surface area contributed by atoms with Gasteiger partial charge in [0.15, 0.2) is 5.82 Å². The highest BCUT2D eigenvalue weighted by molar-refractivity contribution is 6.29. The molecule has 2 rings (SSSR count). The topological polar surface area (TPSA) is 43.6 Å². The van der Waals surface area contributed by atoms with Gasteiger partial charge in [0.25, 0.3) is 0 Å². The van der Waals surface area contributed by atoms with Crippen LogP contribution in [0.4, 0.5) is 0 Å². The van der Waals surface area contributed by atoms with E-state index in [-0.39, 0.29) is 0 Å². The van der Waals surface area contributed by atoms with Gasteiger partial charge in [-0.05, 0) is 25.5 Å². The fourth-order valence-electron chi connectivity index (χ4n) is 1.74. The number of hydrogen-bond donors (Lipinski definition) is 0. The van der Waals surface area contributed by atoms with E-state index in [1.807, 2.05) is 23.7 Å². The highest BCUT2D eigenvalue weighted by Gasteiger charge is 2.09. The van der Waals surface area contributed by atoms with Crippen LogP contribution in [-0.2, 0) is 13.0 Å². The Morgan fingerprint density at radius 1 is 1.29 bits per heavy atom. The van der Waals surface area contributed by atoms with Gasteiger partial charge in [-0.25, -0.2) is 9.97 Å². The Morgan fingerprint density at radius 2 is 2.12 bits per heavy atom. The van der Waals surface area contributed by atoms with Gasteiger partial charge in [0, 0.05) is 18.4 Å². The SMILES string of the molecule is CCCc1cc(Cl)nc(-c2ccnn2CC)n1. The fraction of sp³-hybridized carbons (Fsp3) is 0.417. The second-order valence-electron chi connectivity index (χ2n) is 3.79. The van der Waals surface area contributed by atoms with Crippen molar-refractivity contribution in [2.24, 2.45) is 0 Å². The first kappa shape index (κ1) is 12.0. The van der Waals surface area contributed by atoms with Gasteiger partial charge in [-0.1, -0.05) is 24.9 Å². The molecule has 0 amide bonds. The van der Waals surface area contributed by atoms with Crippen molar-refractivity contribution >= 4 is 11.6 Å². The van der Waals surface area contributed by atoms with Gasteiger partial charge >= 0.3 is 0 Å². The van der Waals surface area contributed by atoms with Crippen molar-refractivity contribution in [1.82, 2.24) is 19.7 Å². The molecule has 0 bridgehead atoms. The second kappa shape index (κ2) is 5.27. The summed E-state index contributed by atoms with van der Waals surface area (Å²) in [6.07, 6.45) is 3.71. The number of hydrogen-bond acceptors (Lipinski definition) is 3. The molecule has 0 aliphatic rings. The minimum Gasteiger partial charge on any atom is -0.262 e. The lowest BCUT2D eigenvalue weighted by Gasteiger charge is -2.06. The Kier molecular flexibility index (Phi) is 3.74. The van der Waals surface area contributed by atoms with Crippen molar-refractivity contribution in [3.05, 3.63) is 29.2 Å². The maximum Gasteiger partial charge on any atom is 0.179 e. The largest absolute Gasteiger partial charge is 0.262 e. The molecule has 17 heavy (non-hydrogen) atoms. The van der Waals surface area contributed by atoms with E-state index in [0.717, 1.165) is 30.8 Å². The number of nitrogens with zero attached hydrogens (tertiary/aromatic N) is 4.